The van der Waals surface area contributed by atoms with Gasteiger partial charge in [0.1, 0.15) is 0 Å². The van der Waals surface area contributed by atoms with Gasteiger partial charge in [-0.3, -0.25) is 9.88 Å². The molecule has 1 aromatic heterocycles. The van der Waals surface area contributed by atoms with Gasteiger partial charge in [0.2, 0.25) is 0 Å². The minimum absolute atomic E-state index is 0.611. The largest absolute Gasteiger partial charge is 0.310 e. The Kier molecular flexibility index (Phi) is 4.74. The lowest BCUT2D eigenvalue weighted by Gasteiger charge is -2.31. The van der Waals surface area contributed by atoms with Crippen LogP contribution in [0.1, 0.15) is 24.1 Å². The van der Waals surface area contributed by atoms with E-state index in [9.17, 15) is 0 Å². The van der Waals surface area contributed by atoms with Crippen LogP contribution in [0.2, 0.25) is 0 Å². The number of hydrogen-bond acceptors (Lipinski definition) is 3. The van der Waals surface area contributed by atoms with Crippen molar-refractivity contribution in [1.82, 2.24) is 15.2 Å². The first kappa shape index (κ1) is 13.1. The highest BCUT2D eigenvalue weighted by Gasteiger charge is 2.17. The van der Waals surface area contributed by atoms with Crippen LogP contribution in [-0.4, -0.2) is 35.6 Å². The zero-order chi connectivity index (χ0) is 12.8. The first-order valence-electron chi connectivity index (χ1n) is 6.58. The summed E-state index contributed by atoms with van der Waals surface area (Å²) in [6.45, 7) is 5.92. The number of likely N-dealkylation sites (tertiary alicyclic amines) is 1. The maximum atomic E-state index is 5.33. The van der Waals surface area contributed by atoms with Crippen molar-refractivity contribution >= 4 is 0 Å². The highest BCUT2D eigenvalue weighted by atomic mass is 15.1. The van der Waals surface area contributed by atoms with Crippen LogP contribution in [0.25, 0.3) is 0 Å². The molecular weight excluding hydrogens is 222 g/mol. The summed E-state index contributed by atoms with van der Waals surface area (Å²) < 4.78 is 0. The third-order valence-electron chi connectivity index (χ3n) is 3.47. The molecule has 1 aliphatic heterocycles. The van der Waals surface area contributed by atoms with E-state index in [4.69, 9.17) is 6.42 Å². The SMILES string of the molecule is C#CCN1CCC(NCc2ccc(C)nc2)CC1. The van der Waals surface area contributed by atoms with Crippen LogP contribution in [0, 0.1) is 19.3 Å². The van der Waals surface area contributed by atoms with Gasteiger partial charge in [0.25, 0.3) is 0 Å². The Balaban J connectivity index is 1.72. The van der Waals surface area contributed by atoms with E-state index in [1.807, 2.05) is 13.1 Å². The number of rotatable bonds is 4. The third-order valence-corrected chi connectivity index (χ3v) is 3.47. The summed E-state index contributed by atoms with van der Waals surface area (Å²) in [7, 11) is 0. The third kappa shape index (κ3) is 3.83. The molecule has 0 spiro atoms. The Morgan fingerprint density at radius 2 is 2.22 bits per heavy atom. The van der Waals surface area contributed by atoms with Gasteiger partial charge in [0, 0.05) is 37.6 Å². The number of pyridine rings is 1. The Labute approximate surface area is 110 Å². The zero-order valence-corrected chi connectivity index (χ0v) is 11.0. The van der Waals surface area contributed by atoms with E-state index >= 15 is 0 Å². The van der Waals surface area contributed by atoms with E-state index in [0.29, 0.717) is 6.04 Å². The number of terminal acetylenes is 1. The number of aromatic nitrogens is 1. The lowest BCUT2D eigenvalue weighted by Crippen LogP contribution is -2.42. The lowest BCUT2D eigenvalue weighted by molar-refractivity contribution is 0.217. The Hall–Kier alpha value is -1.37. The lowest BCUT2D eigenvalue weighted by atomic mass is 10.0. The van der Waals surface area contributed by atoms with Gasteiger partial charge in [0.15, 0.2) is 0 Å². The van der Waals surface area contributed by atoms with Crippen molar-refractivity contribution < 1.29 is 0 Å². The van der Waals surface area contributed by atoms with Gasteiger partial charge in [-0.05, 0) is 31.4 Å². The second-order valence-electron chi connectivity index (χ2n) is 4.94. The van der Waals surface area contributed by atoms with Crippen molar-refractivity contribution in [3.8, 4) is 12.3 Å². The molecule has 0 radical (unpaired) electrons. The average molecular weight is 243 g/mol. The smallest absolute Gasteiger partial charge is 0.0598 e. The second-order valence-corrected chi connectivity index (χ2v) is 4.94. The van der Waals surface area contributed by atoms with Crippen molar-refractivity contribution in [2.24, 2.45) is 0 Å². The second kappa shape index (κ2) is 6.53. The van der Waals surface area contributed by atoms with E-state index in [1.165, 1.54) is 18.4 Å². The van der Waals surface area contributed by atoms with Crippen LogP contribution in [0.3, 0.4) is 0 Å². The molecule has 2 rings (SSSR count). The van der Waals surface area contributed by atoms with Crippen molar-refractivity contribution in [1.29, 1.82) is 0 Å². The number of nitrogens with one attached hydrogen (secondary N) is 1. The van der Waals surface area contributed by atoms with E-state index in [0.717, 1.165) is 31.9 Å². The van der Waals surface area contributed by atoms with Gasteiger partial charge < -0.3 is 5.32 Å². The summed E-state index contributed by atoms with van der Waals surface area (Å²) in [4.78, 5) is 6.65. The van der Waals surface area contributed by atoms with Crippen LogP contribution in [0.15, 0.2) is 18.3 Å². The van der Waals surface area contributed by atoms with Crippen molar-refractivity contribution in [3.05, 3.63) is 29.6 Å². The van der Waals surface area contributed by atoms with Gasteiger partial charge in [-0.25, -0.2) is 0 Å². The fourth-order valence-electron chi connectivity index (χ4n) is 2.29. The van der Waals surface area contributed by atoms with Crippen LogP contribution in [0.4, 0.5) is 0 Å². The van der Waals surface area contributed by atoms with Crippen molar-refractivity contribution in [2.75, 3.05) is 19.6 Å². The molecule has 0 atom stereocenters. The molecule has 3 heteroatoms. The molecule has 1 aliphatic rings. The summed E-state index contributed by atoms with van der Waals surface area (Å²) in [6.07, 6.45) is 9.64. The molecule has 1 fully saturated rings. The van der Waals surface area contributed by atoms with Gasteiger partial charge in [0.05, 0.1) is 6.54 Å². The highest BCUT2D eigenvalue weighted by molar-refractivity contribution is 5.12. The summed E-state index contributed by atoms with van der Waals surface area (Å²) in [5.74, 6) is 2.71. The Bertz CT molecular complexity index is 397. The molecule has 18 heavy (non-hydrogen) atoms. The summed E-state index contributed by atoms with van der Waals surface area (Å²) in [5.41, 5.74) is 2.33. The molecule has 0 amide bonds. The average Bonchev–Trinajstić information content (AvgIpc) is 2.40. The summed E-state index contributed by atoms with van der Waals surface area (Å²) >= 11 is 0. The molecule has 0 bridgehead atoms. The molecule has 0 aliphatic carbocycles. The molecule has 3 nitrogen and oxygen atoms in total. The normalized spacial score (nSPS) is 17.6. The molecule has 96 valence electrons. The molecule has 1 N–H and O–H groups in total. The van der Waals surface area contributed by atoms with E-state index < -0.39 is 0 Å². The van der Waals surface area contributed by atoms with Crippen molar-refractivity contribution in [3.63, 3.8) is 0 Å². The minimum Gasteiger partial charge on any atom is -0.310 e. The predicted octanol–water partition coefficient (Wildman–Crippen LogP) is 1.58. The minimum atomic E-state index is 0.611. The molecule has 0 unspecified atom stereocenters. The first-order chi connectivity index (χ1) is 8.78. The molecule has 1 aromatic rings. The summed E-state index contributed by atoms with van der Waals surface area (Å²) in [6, 6.07) is 4.82. The van der Waals surface area contributed by atoms with Crippen LogP contribution in [-0.2, 0) is 6.54 Å². The highest BCUT2D eigenvalue weighted by Crippen LogP contribution is 2.10. The number of hydrogen-bond donors (Lipinski definition) is 1. The van der Waals surface area contributed by atoms with Crippen LogP contribution in [0.5, 0.6) is 0 Å². The maximum Gasteiger partial charge on any atom is 0.0598 e. The van der Waals surface area contributed by atoms with Gasteiger partial charge >= 0.3 is 0 Å². The van der Waals surface area contributed by atoms with Gasteiger partial charge in [-0.2, -0.15) is 0 Å². The van der Waals surface area contributed by atoms with Gasteiger partial charge in [-0.1, -0.05) is 12.0 Å². The predicted molar refractivity (Wildman–Crippen MR) is 74.1 cm³/mol. The van der Waals surface area contributed by atoms with E-state index in [2.05, 4.69) is 33.3 Å². The molecular formula is C15H21N3. The number of aryl methyl sites for hydroxylation is 1. The molecule has 0 aromatic carbocycles. The fourth-order valence-corrected chi connectivity index (χ4v) is 2.29. The number of nitrogens with zero attached hydrogens (tertiary/aromatic N) is 2. The first-order valence-corrected chi connectivity index (χ1v) is 6.58. The fraction of sp³-hybridized carbons (Fsp3) is 0.533. The Morgan fingerprint density at radius 3 is 2.83 bits per heavy atom. The van der Waals surface area contributed by atoms with E-state index in [1.54, 1.807) is 0 Å². The van der Waals surface area contributed by atoms with E-state index in [-0.39, 0.29) is 0 Å². The van der Waals surface area contributed by atoms with Crippen LogP contribution >= 0.6 is 0 Å². The topological polar surface area (TPSA) is 28.2 Å². The molecule has 0 saturated carbocycles. The summed E-state index contributed by atoms with van der Waals surface area (Å²) in [5, 5.41) is 3.60. The molecule has 2 heterocycles. The van der Waals surface area contributed by atoms with Crippen molar-refractivity contribution in [2.45, 2.75) is 32.4 Å². The maximum absolute atomic E-state index is 5.33. The molecule has 1 saturated heterocycles. The number of piperidine rings is 1. The quantitative estimate of drug-likeness (QED) is 0.814. The van der Waals surface area contributed by atoms with Crippen LogP contribution < -0.4 is 5.32 Å². The Morgan fingerprint density at radius 1 is 1.44 bits per heavy atom. The monoisotopic (exact) mass is 243 g/mol. The zero-order valence-electron chi connectivity index (χ0n) is 11.0. The van der Waals surface area contributed by atoms with Gasteiger partial charge in [-0.15, -0.1) is 6.42 Å². The standard InChI is InChI=1S/C15H21N3/c1-3-8-18-9-6-15(7-10-18)17-12-14-5-4-13(2)16-11-14/h1,4-5,11,15,17H,6-10,12H2,2H3.